The fourth-order valence-electron chi connectivity index (χ4n) is 1.89. The molecule has 1 aromatic rings. The van der Waals surface area contributed by atoms with E-state index in [-0.39, 0.29) is 0 Å². The molecule has 80 valence electrons. The van der Waals surface area contributed by atoms with Crippen molar-refractivity contribution in [2.75, 3.05) is 0 Å². The van der Waals surface area contributed by atoms with E-state index < -0.39 is 20.8 Å². The molecule has 0 aliphatic heterocycles. The summed E-state index contributed by atoms with van der Waals surface area (Å²) in [5, 5.41) is 0. The summed E-state index contributed by atoms with van der Waals surface area (Å²) in [4.78, 5) is 0. The van der Waals surface area contributed by atoms with Gasteiger partial charge in [0.05, 0.1) is 0 Å². The summed E-state index contributed by atoms with van der Waals surface area (Å²) < 4.78 is 0. The third-order valence-electron chi connectivity index (χ3n) is 2.50. The van der Waals surface area contributed by atoms with Crippen molar-refractivity contribution in [1.29, 1.82) is 0 Å². The monoisotopic (exact) mass is 318 g/mol. The maximum absolute atomic E-state index is 4.93. The molecule has 15 heavy (non-hydrogen) atoms. The predicted octanol–water partition coefficient (Wildman–Crippen LogP) is 4.97. The fraction of sp³-hybridized carbons (Fsp3) is 0.333. The van der Waals surface area contributed by atoms with Crippen molar-refractivity contribution in [1.82, 2.24) is 0 Å². The van der Waals surface area contributed by atoms with Crippen LogP contribution in [0.25, 0.3) is 6.08 Å². The van der Waals surface area contributed by atoms with Gasteiger partial charge >= 0.3 is 37.9 Å². The Labute approximate surface area is 110 Å². The van der Waals surface area contributed by atoms with Crippen LogP contribution in [0.3, 0.4) is 0 Å². The molecule has 1 aliphatic rings. The van der Waals surface area contributed by atoms with Gasteiger partial charge in [0, 0.05) is 5.92 Å². The second kappa shape index (κ2) is 7.66. The molecule has 0 spiro atoms. The van der Waals surface area contributed by atoms with E-state index in [2.05, 4.69) is 43.3 Å². The van der Waals surface area contributed by atoms with E-state index >= 15 is 0 Å². The van der Waals surface area contributed by atoms with Crippen molar-refractivity contribution in [2.45, 2.75) is 25.7 Å². The van der Waals surface area contributed by atoms with Gasteiger partial charge in [-0.05, 0) is 17.5 Å². The van der Waals surface area contributed by atoms with Crippen molar-refractivity contribution in [2.24, 2.45) is 0 Å². The molecule has 0 radical (unpaired) electrons. The van der Waals surface area contributed by atoms with E-state index in [9.17, 15) is 0 Å². The van der Waals surface area contributed by atoms with Crippen LogP contribution < -0.4 is 0 Å². The molecule has 0 heterocycles. The van der Waals surface area contributed by atoms with Crippen LogP contribution in [0, 0.1) is 0 Å². The SMILES string of the molecule is CCCC1C=Cc2ccccc21.[Cl][Zr][Cl]. The number of benzene rings is 1. The maximum atomic E-state index is 4.93. The van der Waals surface area contributed by atoms with Gasteiger partial charge in [-0.15, -0.1) is 0 Å². The average molecular weight is 320 g/mol. The molecule has 0 nitrogen and oxygen atoms in total. The van der Waals surface area contributed by atoms with Gasteiger partial charge in [0.25, 0.3) is 0 Å². The number of halogens is 2. The molecule has 1 unspecified atom stereocenters. The summed E-state index contributed by atoms with van der Waals surface area (Å²) in [5.41, 5.74) is 2.93. The quantitative estimate of drug-likeness (QED) is 0.721. The first-order valence-corrected chi connectivity index (χ1v) is 11.4. The van der Waals surface area contributed by atoms with Crippen LogP contribution in [0.5, 0.6) is 0 Å². The first kappa shape index (κ1) is 13.5. The minimum absolute atomic E-state index is 0.686. The van der Waals surface area contributed by atoms with E-state index in [4.69, 9.17) is 17.0 Å². The Morgan fingerprint density at radius 1 is 1.27 bits per heavy atom. The molecule has 0 N–H and O–H groups in total. The number of hydrogen-bond acceptors (Lipinski definition) is 0. The number of rotatable bonds is 2. The number of hydrogen-bond donors (Lipinski definition) is 0. The van der Waals surface area contributed by atoms with Gasteiger partial charge in [-0.2, -0.15) is 0 Å². The Balaban J connectivity index is 0.000000337. The van der Waals surface area contributed by atoms with Crippen LogP contribution in [0.4, 0.5) is 0 Å². The summed E-state index contributed by atoms with van der Waals surface area (Å²) in [7, 11) is 9.87. The van der Waals surface area contributed by atoms with Crippen molar-refractivity contribution >= 4 is 23.1 Å². The van der Waals surface area contributed by atoms with Crippen LogP contribution in [0.2, 0.25) is 0 Å². The summed E-state index contributed by atoms with van der Waals surface area (Å²) >= 11 is -0.826. The standard InChI is InChI=1S/C12H14.2ClH.Zr/c1-2-5-10-8-9-11-6-3-4-7-12(10)11;;;/h3-4,6-10H,2,5H2,1H3;2*1H;/q;;;+2/p-2. The van der Waals surface area contributed by atoms with Crippen molar-refractivity contribution in [3.05, 3.63) is 41.5 Å². The molecule has 0 bridgehead atoms. The molecule has 0 saturated heterocycles. The Kier molecular flexibility index (Phi) is 6.88. The average Bonchev–Trinajstić information content (AvgIpc) is 2.64. The third-order valence-corrected chi connectivity index (χ3v) is 2.50. The van der Waals surface area contributed by atoms with E-state index in [0.717, 1.165) is 0 Å². The van der Waals surface area contributed by atoms with Gasteiger partial charge in [-0.1, -0.05) is 49.8 Å². The van der Waals surface area contributed by atoms with Crippen LogP contribution in [0.1, 0.15) is 36.8 Å². The molecule has 1 atom stereocenters. The Hall–Kier alpha value is 0.423. The Morgan fingerprint density at radius 3 is 2.60 bits per heavy atom. The number of fused-ring (bicyclic) bond motifs is 1. The van der Waals surface area contributed by atoms with E-state index in [1.807, 2.05) is 0 Å². The molecular weight excluding hydrogens is 306 g/mol. The summed E-state index contributed by atoms with van der Waals surface area (Å²) in [6, 6.07) is 8.68. The Morgan fingerprint density at radius 2 is 1.93 bits per heavy atom. The van der Waals surface area contributed by atoms with Gasteiger partial charge < -0.3 is 0 Å². The Bertz CT molecular complexity index is 323. The van der Waals surface area contributed by atoms with E-state index in [1.54, 1.807) is 0 Å². The zero-order valence-electron chi connectivity index (χ0n) is 8.71. The molecule has 3 heteroatoms. The minimum atomic E-state index is -0.826. The van der Waals surface area contributed by atoms with Gasteiger partial charge in [-0.3, -0.25) is 0 Å². The molecule has 1 aromatic carbocycles. The molecule has 0 aromatic heterocycles. The van der Waals surface area contributed by atoms with Crippen molar-refractivity contribution in [3.8, 4) is 0 Å². The van der Waals surface area contributed by atoms with Gasteiger partial charge in [0.15, 0.2) is 0 Å². The van der Waals surface area contributed by atoms with Crippen LogP contribution in [-0.4, -0.2) is 0 Å². The first-order valence-electron chi connectivity index (χ1n) is 5.06. The molecule has 0 saturated carbocycles. The predicted molar refractivity (Wildman–Crippen MR) is 64.8 cm³/mol. The molecular formula is C12H14Cl2Zr. The summed E-state index contributed by atoms with van der Waals surface area (Å²) in [5.74, 6) is 0.686. The zero-order chi connectivity index (χ0) is 11.1. The topological polar surface area (TPSA) is 0 Å². The van der Waals surface area contributed by atoms with Crippen molar-refractivity contribution < 1.29 is 20.8 Å². The van der Waals surface area contributed by atoms with Crippen LogP contribution in [-0.2, 0) is 20.8 Å². The first-order chi connectivity index (χ1) is 7.33. The van der Waals surface area contributed by atoms with Crippen molar-refractivity contribution in [3.63, 3.8) is 0 Å². The van der Waals surface area contributed by atoms with E-state index in [1.165, 1.54) is 24.0 Å². The number of allylic oxidation sites excluding steroid dienone is 1. The second-order valence-electron chi connectivity index (χ2n) is 3.45. The zero-order valence-corrected chi connectivity index (χ0v) is 12.7. The summed E-state index contributed by atoms with van der Waals surface area (Å²) in [6.45, 7) is 2.24. The molecule has 0 amide bonds. The second-order valence-corrected chi connectivity index (χ2v) is 7.19. The van der Waals surface area contributed by atoms with Gasteiger partial charge in [0.1, 0.15) is 0 Å². The fourth-order valence-corrected chi connectivity index (χ4v) is 1.89. The molecule has 1 aliphatic carbocycles. The molecule has 0 fully saturated rings. The van der Waals surface area contributed by atoms with Crippen LogP contribution in [0.15, 0.2) is 30.3 Å². The van der Waals surface area contributed by atoms with Crippen LogP contribution >= 0.6 is 17.0 Å². The van der Waals surface area contributed by atoms with Gasteiger partial charge in [-0.25, -0.2) is 0 Å². The third kappa shape index (κ3) is 4.06. The van der Waals surface area contributed by atoms with Gasteiger partial charge in [0.2, 0.25) is 0 Å². The van der Waals surface area contributed by atoms with E-state index in [0.29, 0.717) is 5.92 Å². The normalized spacial score (nSPS) is 16.6. The molecule has 2 rings (SSSR count). The summed E-state index contributed by atoms with van der Waals surface area (Å²) in [6.07, 6.45) is 7.13.